The van der Waals surface area contributed by atoms with E-state index in [-0.39, 0.29) is 12.2 Å². The second-order valence-corrected chi connectivity index (χ2v) is 7.33. The number of benzene rings is 1. The van der Waals surface area contributed by atoms with E-state index in [1.165, 1.54) is 10.6 Å². The van der Waals surface area contributed by atoms with Crippen molar-refractivity contribution in [2.45, 2.75) is 32.9 Å². The second-order valence-electron chi connectivity index (χ2n) is 7.33. The molecule has 7 heteroatoms. The first-order valence-corrected chi connectivity index (χ1v) is 8.77. The molecule has 2 aromatic heterocycles. The van der Waals surface area contributed by atoms with E-state index in [0.29, 0.717) is 22.3 Å². The quantitative estimate of drug-likeness (QED) is 0.676. The highest BCUT2D eigenvalue weighted by molar-refractivity contribution is 6.00. The number of hydrogen-bond donors (Lipinski definition) is 1. The fraction of sp³-hybridized carbons (Fsp3) is 0.286. The third-order valence-electron chi connectivity index (χ3n) is 4.10. The summed E-state index contributed by atoms with van der Waals surface area (Å²) >= 11 is 0. The van der Waals surface area contributed by atoms with Gasteiger partial charge < -0.3 is 19.1 Å². The molecule has 0 radical (unpaired) electrons. The summed E-state index contributed by atoms with van der Waals surface area (Å²) in [6.45, 7) is 5.09. The van der Waals surface area contributed by atoms with Crippen LogP contribution in [0.1, 0.15) is 31.3 Å². The number of aromatic nitrogens is 2. The molecule has 0 aliphatic carbocycles. The first-order chi connectivity index (χ1) is 13.2. The van der Waals surface area contributed by atoms with Gasteiger partial charge in [0.25, 0.3) is 0 Å². The smallest absolute Gasteiger partial charge is 0.352 e. The Morgan fingerprint density at radius 1 is 1.18 bits per heavy atom. The van der Waals surface area contributed by atoms with Gasteiger partial charge in [0.1, 0.15) is 23.6 Å². The lowest BCUT2D eigenvalue weighted by atomic mass is 10.1. The number of rotatable bonds is 5. The minimum atomic E-state index is -1.13. The normalized spacial score (nSPS) is 11.4. The van der Waals surface area contributed by atoms with E-state index in [4.69, 9.17) is 9.47 Å². The fourth-order valence-corrected chi connectivity index (χ4v) is 3.04. The van der Waals surface area contributed by atoms with Crippen molar-refractivity contribution in [3.8, 4) is 17.0 Å². The van der Waals surface area contributed by atoms with Gasteiger partial charge in [0.05, 0.1) is 18.3 Å². The molecule has 2 heterocycles. The van der Waals surface area contributed by atoms with Crippen molar-refractivity contribution in [2.24, 2.45) is 0 Å². The maximum absolute atomic E-state index is 12.3. The van der Waals surface area contributed by atoms with E-state index in [1.807, 2.05) is 24.3 Å². The van der Waals surface area contributed by atoms with Crippen LogP contribution in [-0.2, 0) is 16.1 Å². The molecule has 1 N–H and O–H groups in total. The van der Waals surface area contributed by atoms with E-state index in [0.717, 1.165) is 5.56 Å². The van der Waals surface area contributed by atoms with Crippen LogP contribution >= 0.6 is 0 Å². The molecule has 0 bridgehead atoms. The molecule has 146 valence electrons. The Bertz CT molecular complexity index is 1050. The number of carboxylic acids is 1. The number of fused-ring (bicyclic) bond motifs is 1. The van der Waals surface area contributed by atoms with Crippen LogP contribution in [0.5, 0.6) is 5.75 Å². The zero-order chi connectivity index (χ0) is 20.5. The lowest BCUT2D eigenvalue weighted by Gasteiger charge is -2.20. The zero-order valence-electron chi connectivity index (χ0n) is 16.2. The van der Waals surface area contributed by atoms with E-state index in [1.54, 1.807) is 40.1 Å². The second kappa shape index (κ2) is 7.34. The van der Waals surface area contributed by atoms with Gasteiger partial charge in [0.2, 0.25) is 0 Å². The monoisotopic (exact) mass is 382 g/mol. The van der Waals surface area contributed by atoms with Gasteiger partial charge in [-0.05, 0) is 45.0 Å². The van der Waals surface area contributed by atoms with Crippen LogP contribution in [0, 0.1) is 0 Å². The zero-order valence-corrected chi connectivity index (χ0v) is 16.2. The molecule has 0 saturated heterocycles. The highest BCUT2D eigenvalue weighted by Crippen LogP contribution is 2.31. The SMILES string of the molecule is COc1cccc(-c2nccc3c2cc(C(=O)O)n3CC(=O)OC(C)(C)C)c1. The number of ether oxygens (including phenoxy) is 2. The maximum Gasteiger partial charge on any atom is 0.352 e. The number of carboxylic acid groups (broad SMARTS) is 1. The number of methoxy groups -OCH3 is 1. The van der Waals surface area contributed by atoms with E-state index in [9.17, 15) is 14.7 Å². The summed E-state index contributed by atoms with van der Waals surface area (Å²) in [6.07, 6.45) is 1.59. The van der Waals surface area contributed by atoms with Crippen LogP contribution in [0.15, 0.2) is 42.6 Å². The van der Waals surface area contributed by atoms with Crippen LogP contribution in [-0.4, -0.2) is 39.3 Å². The minimum absolute atomic E-state index is 0.00185. The number of carbonyl (C=O) groups excluding carboxylic acids is 1. The number of pyridine rings is 1. The Kier molecular flexibility index (Phi) is 5.09. The highest BCUT2D eigenvalue weighted by Gasteiger charge is 2.22. The van der Waals surface area contributed by atoms with Gasteiger partial charge in [-0.2, -0.15) is 0 Å². The van der Waals surface area contributed by atoms with E-state index >= 15 is 0 Å². The molecule has 28 heavy (non-hydrogen) atoms. The first-order valence-electron chi connectivity index (χ1n) is 8.77. The van der Waals surface area contributed by atoms with Crippen LogP contribution in [0.3, 0.4) is 0 Å². The van der Waals surface area contributed by atoms with Crippen molar-refractivity contribution in [2.75, 3.05) is 7.11 Å². The minimum Gasteiger partial charge on any atom is -0.497 e. The molecule has 3 aromatic rings. The van der Waals surface area contributed by atoms with Crippen molar-refractivity contribution in [3.63, 3.8) is 0 Å². The largest absolute Gasteiger partial charge is 0.497 e. The van der Waals surface area contributed by atoms with Gasteiger partial charge in [-0.3, -0.25) is 9.78 Å². The molecule has 0 aliphatic rings. The molecule has 0 saturated carbocycles. The van der Waals surface area contributed by atoms with Gasteiger partial charge in [-0.25, -0.2) is 4.79 Å². The molecular weight excluding hydrogens is 360 g/mol. The van der Waals surface area contributed by atoms with Gasteiger partial charge >= 0.3 is 11.9 Å². The predicted octanol–water partition coefficient (Wildman–Crippen LogP) is 3.75. The van der Waals surface area contributed by atoms with Gasteiger partial charge in [0.15, 0.2) is 0 Å². The Balaban J connectivity index is 2.13. The molecule has 0 fully saturated rings. The molecule has 7 nitrogen and oxygen atoms in total. The third kappa shape index (κ3) is 3.98. The van der Waals surface area contributed by atoms with Crippen LogP contribution in [0.4, 0.5) is 0 Å². The maximum atomic E-state index is 12.3. The van der Waals surface area contributed by atoms with Crippen molar-refractivity contribution < 1.29 is 24.2 Å². The Labute approximate surface area is 162 Å². The summed E-state index contributed by atoms with van der Waals surface area (Å²) in [5.74, 6) is -0.966. The van der Waals surface area contributed by atoms with Crippen molar-refractivity contribution in [3.05, 3.63) is 48.3 Å². The van der Waals surface area contributed by atoms with Crippen LogP contribution in [0.2, 0.25) is 0 Å². The lowest BCUT2D eigenvalue weighted by Crippen LogP contribution is -2.27. The third-order valence-corrected chi connectivity index (χ3v) is 4.10. The lowest BCUT2D eigenvalue weighted by molar-refractivity contribution is -0.155. The van der Waals surface area contributed by atoms with Crippen molar-refractivity contribution >= 4 is 22.8 Å². The summed E-state index contributed by atoms with van der Waals surface area (Å²) < 4.78 is 12.1. The summed E-state index contributed by atoms with van der Waals surface area (Å²) in [7, 11) is 1.58. The molecule has 0 amide bonds. The summed E-state index contributed by atoms with van der Waals surface area (Å²) in [4.78, 5) is 28.5. The van der Waals surface area contributed by atoms with Crippen LogP contribution < -0.4 is 4.74 Å². The summed E-state index contributed by atoms with van der Waals surface area (Å²) in [5, 5.41) is 10.3. The molecule has 0 atom stereocenters. The van der Waals surface area contributed by atoms with E-state index < -0.39 is 17.5 Å². The number of aromatic carboxylic acids is 1. The summed E-state index contributed by atoms with van der Waals surface area (Å²) in [6, 6.07) is 10.6. The average molecular weight is 382 g/mol. The first kappa shape index (κ1) is 19.4. The topological polar surface area (TPSA) is 90.6 Å². The standard InChI is InChI=1S/C21H22N2O5/c1-21(2,3)28-18(24)12-23-16-8-9-22-19(15(16)11-17(23)20(25)26)13-6-5-7-14(10-13)27-4/h5-11H,12H2,1-4H3,(H,25,26). The number of carbonyl (C=O) groups is 2. The van der Waals surface area contributed by atoms with Gasteiger partial charge in [0, 0.05) is 17.1 Å². The fourth-order valence-electron chi connectivity index (χ4n) is 3.04. The summed E-state index contributed by atoms with van der Waals surface area (Å²) in [5.41, 5.74) is 1.34. The van der Waals surface area contributed by atoms with Gasteiger partial charge in [-0.1, -0.05) is 12.1 Å². The predicted molar refractivity (Wildman–Crippen MR) is 105 cm³/mol. The van der Waals surface area contributed by atoms with Crippen molar-refractivity contribution in [1.82, 2.24) is 9.55 Å². The molecule has 0 aliphatic heterocycles. The number of hydrogen-bond acceptors (Lipinski definition) is 5. The van der Waals surface area contributed by atoms with Crippen LogP contribution in [0.25, 0.3) is 22.2 Å². The molecule has 0 unspecified atom stereocenters. The molecular formula is C21H22N2O5. The molecule has 3 rings (SSSR count). The van der Waals surface area contributed by atoms with E-state index in [2.05, 4.69) is 4.98 Å². The average Bonchev–Trinajstić information content (AvgIpc) is 2.99. The number of esters is 1. The molecule has 0 spiro atoms. The Morgan fingerprint density at radius 3 is 2.57 bits per heavy atom. The molecule has 1 aromatic carbocycles. The van der Waals surface area contributed by atoms with Gasteiger partial charge in [-0.15, -0.1) is 0 Å². The Morgan fingerprint density at radius 2 is 1.93 bits per heavy atom. The number of nitrogens with zero attached hydrogens (tertiary/aromatic N) is 2. The highest BCUT2D eigenvalue weighted by atomic mass is 16.6. The Hall–Kier alpha value is -3.35. The van der Waals surface area contributed by atoms with Crippen molar-refractivity contribution in [1.29, 1.82) is 0 Å².